The van der Waals surface area contributed by atoms with Crippen LogP contribution in [0.5, 0.6) is 0 Å². The highest BCUT2D eigenvalue weighted by Gasteiger charge is 2.17. The number of aliphatic carboxylic acids is 1. The molecule has 0 spiro atoms. The zero-order chi connectivity index (χ0) is 11.8. The number of nitrogens with one attached hydrogen (secondary N) is 1. The molecule has 5 nitrogen and oxygen atoms in total. The Morgan fingerprint density at radius 3 is 2.33 bits per heavy atom. The van der Waals surface area contributed by atoms with E-state index >= 15 is 0 Å². The molecule has 0 radical (unpaired) electrons. The summed E-state index contributed by atoms with van der Waals surface area (Å²) in [5.41, 5.74) is 0. The fraction of sp³-hybridized carbons (Fsp3) is 0.800. The first-order chi connectivity index (χ1) is 7.01. The molecule has 0 aliphatic rings. The highest BCUT2D eigenvalue weighted by molar-refractivity contribution is 5.84. The summed E-state index contributed by atoms with van der Waals surface area (Å²) >= 11 is 0. The minimum atomic E-state index is -1.02. The number of rotatable bonds is 7. The van der Waals surface area contributed by atoms with E-state index in [-0.39, 0.29) is 18.6 Å². The van der Waals surface area contributed by atoms with Gasteiger partial charge in [-0.2, -0.15) is 0 Å². The zero-order valence-electron chi connectivity index (χ0n) is 9.45. The Bertz CT molecular complexity index is 217. The summed E-state index contributed by atoms with van der Waals surface area (Å²) < 4.78 is 5.17. The Balaban J connectivity index is 3.86. The summed E-state index contributed by atoms with van der Waals surface area (Å²) in [5, 5.41) is 11.1. The summed E-state index contributed by atoms with van der Waals surface area (Å²) in [6.07, 6.45) is 1.20. The molecule has 0 aromatic carbocycles. The second kappa shape index (κ2) is 7.23. The summed E-state index contributed by atoms with van der Waals surface area (Å²) in [6, 6.07) is -0.821. The molecule has 0 bridgehead atoms. The van der Waals surface area contributed by atoms with E-state index in [1.54, 1.807) is 6.92 Å². The van der Waals surface area contributed by atoms with Gasteiger partial charge in [-0.1, -0.05) is 13.8 Å². The number of ether oxygens (including phenoxy) is 1. The molecule has 2 unspecified atom stereocenters. The topological polar surface area (TPSA) is 75.6 Å². The number of hydrogen-bond acceptors (Lipinski definition) is 3. The standard InChI is InChI=1S/C10H19NO4/c1-4-7(3)15-6-9(12)11-8(5-2)10(13)14/h7-8H,4-6H2,1-3H3,(H,11,12)(H,13,14). The second-order valence-corrected chi connectivity index (χ2v) is 3.40. The van der Waals surface area contributed by atoms with Crippen LogP contribution in [0.2, 0.25) is 0 Å². The molecule has 2 N–H and O–H groups in total. The third-order valence-electron chi connectivity index (χ3n) is 2.12. The van der Waals surface area contributed by atoms with Crippen molar-refractivity contribution in [3.05, 3.63) is 0 Å². The molecule has 5 heteroatoms. The third kappa shape index (κ3) is 6.06. The number of carboxylic acids is 1. The van der Waals surface area contributed by atoms with Crippen molar-refractivity contribution in [2.45, 2.75) is 45.8 Å². The summed E-state index contributed by atoms with van der Waals surface area (Å²) in [7, 11) is 0. The largest absolute Gasteiger partial charge is 0.480 e. The van der Waals surface area contributed by atoms with Gasteiger partial charge in [0.2, 0.25) is 5.91 Å². The molecule has 0 saturated heterocycles. The molecule has 0 saturated carbocycles. The van der Waals surface area contributed by atoms with Crippen molar-refractivity contribution in [2.75, 3.05) is 6.61 Å². The quantitative estimate of drug-likeness (QED) is 0.660. The fourth-order valence-electron chi connectivity index (χ4n) is 0.910. The van der Waals surface area contributed by atoms with Crippen molar-refractivity contribution in [3.63, 3.8) is 0 Å². The molecule has 88 valence electrons. The molecule has 0 aromatic rings. The summed E-state index contributed by atoms with van der Waals surface area (Å²) in [4.78, 5) is 21.8. The van der Waals surface area contributed by atoms with Gasteiger partial charge in [-0.3, -0.25) is 4.79 Å². The van der Waals surface area contributed by atoms with Crippen LogP contribution < -0.4 is 5.32 Å². The van der Waals surface area contributed by atoms with E-state index in [4.69, 9.17) is 9.84 Å². The normalized spacial score (nSPS) is 14.3. The van der Waals surface area contributed by atoms with Gasteiger partial charge < -0.3 is 15.2 Å². The van der Waals surface area contributed by atoms with Crippen LogP contribution in [0, 0.1) is 0 Å². The Hall–Kier alpha value is -1.10. The molecular weight excluding hydrogens is 198 g/mol. The summed E-state index contributed by atoms with van der Waals surface area (Å²) in [6.45, 7) is 5.43. The molecule has 0 aromatic heterocycles. The monoisotopic (exact) mass is 217 g/mol. The molecule has 0 aliphatic heterocycles. The van der Waals surface area contributed by atoms with Gasteiger partial charge >= 0.3 is 5.97 Å². The Kier molecular flexibility index (Phi) is 6.70. The smallest absolute Gasteiger partial charge is 0.326 e. The van der Waals surface area contributed by atoms with Gasteiger partial charge in [-0.25, -0.2) is 4.79 Å². The molecule has 0 heterocycles. The first-order valence-electron chi connectivity index (χ1n) is 5.15. The Morgan fingerprint density at radius 1 is 1.33 bits per heavy atom. The molecule has 1 amide bonds. The van der Waals surface area contributed by atoms with Gasteiger partial charge in [0.05, 0.1) is 6.10 Å². The maximum absolute atomic E-state index is 11.2. The van der Waals surface area contributed by atoms with Crippen LogP contribution in [-0.2, 0) is 14.3 Å². The van der Waals surface area contributed by atoms with Gasteiger partial charge in [0.1, 0.15) is 12.6 Å². The van der Waals surface area contributed by atoms with Gasteiger partial charge in [0.25, 0.3) is 0 Å². The lowest BCUT2D eigenvalue weighted by atomic mass is 10.2. The van der Waals surface area contributed by atoms with Crippen molar-refractivity contribution in [1.29, 1.82) is 0 Å². The van der Waals surface area contributed by atoms with Crippen molar-refractivity contribution >= 4 is 11.9 Å². The van der Waals surface area contributed by atoms with Crippen LogP contribution in [-0.4, -0.2) is 35.7 Å². The number of hydrogen-bond donors (Lipinski definition) is 2. The molecule has 0 rings (SSSR count). The highest BCUT2D eigenvalue weighted by atomic mass is 16.5. The van der Waals surface area contributed by atoms with Crippen LogP contribution in [0.3, 0.4) is 0 Å². The molecule has 0 aliphatic carbocycles. The van der Waals surface area contributed by atoms with E-state index in [2.05, 4.69) is 5.32 Å². The Morgan fingerprint density at radius 2 is 1.93 bits per heavy atom. The fourth-order valence-corrected chi connectivity index (χ4v) is 0.910. The number of carbonyl (C=O) groups excluding carboxylic acids is 1. The predicted molar refractivity (Wildman–Crippen MR) is 55.6 cm³/mol. The molecular formula is C10H19NO4. The van der Waals surface area contributed by atoms with E-state index in [1.165, 1.54) is 0 Å². The van der Waals surface area contributed by atoms with Crippen molar-refractivity contribution in [3.8, 4) is 0 Å². The number of carbonyl (C=O) groups is 2. The van der Waals surface area contributed by atoms with Crippen LogP contribution >= 0.6 is 0 Å². The van der Waals surface area contributed by atoms with Crippen LogP contribution in [0.25, 0.3) is 0 Å². The number of carboxylic acid groups (broad SMARTS) is 1. The highest BCUT2D eigenvalue weighted by Crippen LogP contribution is 1.96. The van der Waals surface area contributed by atoms with Crippen molar-refractivity contribution < 1.29 is 19.4 Å². The number of amides is 1. The lowest BCUT2D eigenvalue weighted by Crippen LogP contribution is -2.42. The van der Waals surface area contributed by atoms with E-state index in [0.29, 0.717) is 6.42 Å². The van der Waals surface area contributed by atoms with Crippen molar-refractivity contribution in [2.24, 2.45) is 0 Å². The van der Waals surface area contributed by atoms with Crippen LogP contribution in [0.4, 0.5) is 0 Å². The maximum Gasteiger partial charge on any atom is 0.326 e. The van der Waals surface area contributed by atoms with E-state index < -0.39 is 12.0 Å². The first-order valence-corrected chi connectivity index (χ1v) is 5.15. The van der Waals surface area contributed by atoms with Crippen LogP contribution in [0.1, 0.15) is 33.6 Å². The minimum Gasteiger partial charge on any atom is -0.480 e. The average Bonchev–Trinajstić information content (AvgIpc) is 2.21. The van der Waals surface area contributed by atoms with E-state index in [9.17, 15) is 9.59 Å². The van der Waals surface area contributed by atoms with Crippen LogP contribution in [0.15, 0.2) is 0 Å². The van der Waals surface area contributed by atoms with Gasteiger partial charge in [0, 0.05) is 0 Å². The molecule has 15 heavy (non-hydrogen) atoms. The minimum absolute atomic E-state index is 0.0145. The van der Waals surface area contributed by atoms with Gasteiger partial charge in [0.15, 0.2) is 0 Å². The van der Waals surface area contributed by atoms with Crippen molar-refractivity contribution in [1.82, 2.24) is 5.32 Å². The zero-order valence-corrected chi connectivity index (χ0v) is 9.45. The first kappa shape index (κ1) is 13.9. The molecule has 0 fully saturated rings. The lowest BCUT2D eigenvalue weighted by Gasteiger charge is -2.14. The maximum atomic E-state index is 11.2. The third-order valence-corrected chi connectivity index (χ3v) is 2.12. The Labute approximate surface area is 89.8 Å². The summed E-state index contributed by atoms with van der Waals surface area (Å²) in [5.74, 6) is -1.40. The second-order valence-electron chi connectivity index (χ2n) is 3.40. The lowest BCUT2D eigenvalue weighted by molar-refractivity contribution is -0.142. The SMILES string of the molecule is CCC(C)OCC(=O)NC(CC)C(=O)O. The van der Waals surface area contributed by atoms with E-state index in [0.717, 1.165) is 6.42 Å². The van der Waals surface area contributed by atoms with E-state index in [1.807, 2.05) is 13.8 Å². The average molecular weight is 217 g/mol. The predicted octanol–water partition coefficient (Wildman–Crippen LogP) is 0.781. The molecule has 2 atom stereocenters. The van der Waals surface area contributed by atoms with Gasteiger partial charge in [-0.05, 0) is 19.8 Å². The van der Waals surface area contributed by atoms with Gasteiger partial charge in [-0.15, -0.1) is 0 Å².